The number of halogens is 1. The van der Waals surface area contributed by atoms with Crippen molar-refractivity contribution in [1.82, 2.24) is 0 Å². The van der Waals surface area contributed by atoms with Crippen LogP contribution < -0.4 is 5.73 Å². The van der Waals surface area contributed by atoms with Gasteiger partial charge in [0.15, 0.2) is 0 Å². The van der Waals surface area contributed by atoms with Crippen molar-refractivity contribution in [2.24, 2.45) is 0 Å². The first-order valence-corrected chi connectivity index (χ1v) is 6.89. The maximum absolute atomic E-state index is 13.9. The summed E-state index contributed by atoms with van der Waals surface area (Å²) in [6, 6.07) is 4.46. The van der Waals surface area contributed by atoms with Crippen LogP contribution in [0.5, 0.6) is 0 Å². The van der Waals surface area contributed by atoms with E-state index in [1.165, 1.54) is 18.2 Å². The maximum Gasteiger partial charge on any atom is 0.492 e. The molecule has 0 saturated carbocycles. The Morgan fingerprint density at radius 2 is 1.86 bits per heavy atom. The van der Waals surface area contributed by atoms with Gasteiger partial charge in [0.25, 0.3) is 0 Å². The summed E-state index contributed by atoms with van der Waals surface area (Å²) in [6.07, 6.45) is 1.49. The Kier molecular flexibility index (Phi) is 4.15. The van der Waals surface area contributed by atoms with Gasteiger partial charge < -0.3 is 20.1 Å². The Hall–Kier alpha value is -1.37. The molecule has 2 rings (SSSR count). The van der Waals surface area contributed by atoms with Crippen molar-refractivity contribution in [1.29, 1.82) is 0 Å². The Morgan fingerprint density at radius 3 is 2.33 bits per heavy atom. The maximum atomic E-state index is 13.9. The predicted octanol–water partition coefficient (Wildman–Crippen LogP) is 2.42. The molecule has 21 heavy (non-hydrogen) atoms. The third-order valence-electron chi connectivity index (χ3n) is 4.15. The second kappa shape index (κ2) is 5.44. The van der Waals surface area contributed by atoms with Crippen LogP contribution in [0.2, 0.25) is 0 Å². The van der Waals surface area contributed by atoms with E-state index in [1.807, 2.05) is 27.7 Å². The lowest BCUT2D eigenvalue weighted by atomic mass is 9.77. The summed E-state index contributed by atoms with van der Waals surface area (Å²) in [7, 11) is -0.723. The predicted molar refractivity (Wildman–Crippen MR) is 82.0 cm³/mol. The molecule has 0 radical (unpaired) electrons. The van der Waals surface area contributed by atoms with Crippen molar-refractivity contribution in [2.45, 2.75) is 38.9 Å². The minimum absolute atomic E-state index is 0.233. The molecular weight excluding hydrogens is 272 g/mol. The first-order valence-electron chi connectivity index (χ1n) is 6.89. The lowest BCUT2D eigenvalue weighted by Gasteiger charge is -2.32. The highest BCUT2D eigenvalue weighted by Crippen LogP contribution is 2.39. The molecule has 1 aliphatic heterocycles. The summed E-state index contributed by atoms with van der Waals surface area (Å²) in [5.74, 6) is -0.447. The van der Waals surface area contributed by atoms with Crippen molar-refractivity contribution in [2.75, 3.05) is 12.3 Å². The number of anilines is 1. The summed E-state index contributed by atoms with van der Waals surface area (Å²) in [4.78, 5) is 0. The summed E-state index contributed by atoms with van der Waals surface area (Å²) in [5.41, 5.74) is 5.71. The van der Waals surface area contributed by atoms with Crippen molar-refractivity contribution < 1.29 is 18.8 Å². The second-order valence-electron chi connectivity index (χ2n) is 6.21. The Balaban J connectivity index is 2.36. The minimum atomic E-state index is -0.723. The molecule has 6 heteroatoms. The third-order valence-corrected chi connectivity index (χ3v) is 4.15. The number of aliphatic hydroxyl groups excluding tert-OH is 1. The van der Waals surface area contributed by atoms with E-state index >= 15 is 0 Å². The molecule has 0 amide bonds. The van der Waals surface area contributed by atoms with Crippen molar-refractivity contribution in [3.05, 3.63) is 35.1 Å². The number of aliphatic hydroxyl groups is 1. The molecule has 1 aliphatic rings. The zero-order valence-corrected chi connectivity index (χ0v) is 12.8. The molecule has 0 unspecified atom stereocenters. The highest BCUT2D eigenvalue weighted by molar-refractivity contribution is 6.55. The first kappa shape index (κ1) is 16.0. The van der Waals surface area contributed by atoms with Gasteiger partial charge in [0.2, 0.25) is 0 Å². The van der Waals surface area contributed by atoms with Gasteiger partial charge in [-0.3, -0.25) is 0 Å². The van der Waals surface area contributed by atoms with Gasteiger partial charge in [-0.05, 0) is 45.3 Å². The SMILES string of the molecule is CC1(C)OB(C(=Cc2c(N)cccc2F)CO)OC1(C)C. The third kappa shape index (κ3) is 2.97. The molecule has 4 nitrogen and oxygen atoms in total. The number of nitrogens with two attached hydrogens (primary N) is 1. The fourth-order valence-corrected chi connectivity index (χ4v) is 2.07. The van der Waals surface area contributed by atoms with Gasteiger partial charge in [0, 0.05) is 11.3 Å². The standard InChI is InChI=1S/C15H21BFNO3/c1-14(2)15(3,4)21-16(20-14)10(9-19)8-11-12(17)6-5-7-13(11)18/h5-8,19H,9,18H2,1-4H3. The highest BCUT2D eigenvalue weighted by Gasteiger charge is 2.52. The topological polar surface area (TPSA) is 64.7 Å². The molecule has 1 saturated heterocycles. The van der Waals surface area contributed by atoms with Gasteiger partial charge in [-0.2, -0.15) is 0 Å². The molecule has 1 aromatic rings. The summed E-state index contributed by atoms with van der Waals surface area (Å²) in [5, 5.41) is 9.58. The molecule has 1 aromatic carbocycles. The largest absolute Gasteiger partial charge is 0.492 e. The molecular formula is C15H21BFNO3. The molecule has 0 atom stereocenters. The fraction of sp³-hybridized carbons (Fsp3) is 0.467. The first-order chi connectivity index (χ1) is 9.68. The van der Waals surface area contributed by atoms with Gasteiger partial charge >= 0.3 is 7.12 Å². The number of hydrogen-bond donors (Lipinski definition) is 2. The van der Waals surface area contributed by atoms with Crippen LogP contribution in [-0.2, 0) is 9.31 Å². The molecule has 0 aliphatic carbocycles. The molecule has 0 bridgehead atoms. The van der Waals surface area contributed by atoms with Crippen LogP contribution in [0, 0.1) is 5.82 Å². The van der Waals surface area contributed by atoms with Gasteiger partial charge in [-0.25, -0.2) is 4.39 Å². The molecule has 3 N–H and O–H groups in total. The van der Waals surface area contributed by atoms with Crippen LogP contribution >= 0.6 is 0 Å². The zero-order chi connectivity index (χ0) is 15.8. The quantitative estimate of drug-likeness (QED) is 0.663. The van der Waals surface area contributed by atoms with Crippen molar-refractivity contribution in [3.8, 4) is 0 Å². The number of nitrogen functional groups attached to an aromatic ring is 1. The van der Waals surface area contributed by atoms with E-state index in [4.69, 9.17) is 15.0 Å². The van der Waals surface area contributed by atoms with E-state index in [2.05, 4.69) is 0 Å². The lowest BCUT2D eigenvalue weighted by molar-refractivity contribution is 0.00578. The fourth-order valence-electron chi connectivity index (χ4n) is 2.07. The minimum Gasteiger partial charge on any atom is -0.400 e. The lowest BCUT2D eigenvalue weighted by Crippen LogP contribution is -2.41. The van der Waals surface area contributed by atoms with Gasteiger partial charge in [-0.1, -0.05) is 12.1 Å². The Labute approximate surface area is 124 Å². The van der Waals surface area contributed by atoms with E-state index in [1.54, 1.807) is 6.07 Å². The summed E-state index contributed by atoms with van der Waals surface area (Å²) in [6.45, 7) is 7.36. The van der Waals surface area contributed by atoms with Crippen LogP contribution in [0.4, 0.5) is 10.1 Å². The van der Waals surface area contributed by atoms with E-state index in [9.17, 15) is 9.50 Å². The number of benzene rings is 1. The zero-order valence-electron chi connectivity index (χ0n) is 12.8. The van der Waals surface area contributed by atoms with Crippen LogP contribution in [0.1, 0.15) is 33.3 Å². The molecule has 0 spiro atoms. The van der Waals surface area contributed by atoms with Gasteiger partial charge in [-0.15, -0.1) is 0 Å². The van der Waals surface area contributed by atoms with E-state index < -0.39 is 24.1 Å². The van der Waals surface area contributed by atoms with Crippen LogP contribution in [-0.4, -0.2) is 30.0 Å². The summed E-state index contributed by atoms with van der Waals surface area (Å²) >= 11 is 0. The summed E-state index contributed by atoms with van der Waals surface area (Å²) < 4.78 is 25.6. The van der Waals surface area contributed by atoms with E-state index in [0.29, 0.717) is 11.2 Å². The Bertz CT molecular complexity index is 536. The molecule has 1 fully saturated rings. The van der Waals surface area contributed by atoms with E-state index in [-0.39, 0.29) is 12.2 Å². The molecule has 114 valence electrons. The van der Waals surface area contributed by atoms with Crippen molar-refractivity contribution >= 4 is 18.9 Å². The van der Waals surface area contributed by atoms with Gasteiger partial charge in [0.05, 0.1) is 17.8 Å². The molecule has 1 heterocycles. The van der Waals surface area contributed by atoms with Crippen molar-refractivity contribution in [3.63, 3.8) is 0 Å². The normalized spacial score (nSPS) is 20.9. The van der Waals surface area contributed by atoms with Gasteiger partial charge in [0.1, 0.15) is 5.82 Å². The van der Waals surface area contributed by atoms with Crippen LogP contribution in [0.15, 0.2) is 23.7 Å². The smallest absolute Gasteiger partial charge is 0.400 e. The monoisotopic (exact) mass is 293 g/mol. The highest BCUT2D eigenvalue weighted by atomic mass is 19.1. The second-order valence-corrected chi connectivity index (χ2v) is 6.21. The number of hydrogen-bond acceptors (Lipinski definition) is 4. The molecule has 0 aromatic heterocycles. The van der Waals surface area contributed by atoms with Crippen LogP contribution in [0.25, 0.3) is 6.08 Å². The number of rotatable bonds is 3. The Morgan fingerprint density at radius 1 is 1.29 bits per heavy atom. The van der Waals surface area contributed by atoms with Crippen LogP contribution in [0.3, 0.4) is 0 Å². The average Bonchev–Trinajstić information content (AvgIpc) is 2.58. The van der Waals surface area contributed by atoms with E-state index in [0.717, 1.165) is 0 Å². The average molecular weight is 293 g/mol.